The summed E-state index contributed by atoms with van der Waals surface area (Å²) in [6, 6.07) is 42.2. The molecule has 0 saturated heterocycles. The Labute approximate surface area is 196 Å². The van der Waals surface area contributed by atoms with Gasteiger partial charge in [0, 0.05) is 10.0 Å². The Hall–Kier alpha value is -3.42. The first-order valence-electron chi connectivity index (χ1n) is 11.0. The number of hydrogen-bond acceptors (Lipinski definition) is 0. The molecule has 5 aromatic rings. The van der Waals surface area contributed by atoms with E-state index in [4.69, 9.17) is 0 Å². The highest BCUT2D eigenvalue weighted by atomic mass is 79.9. The van der Waals surface area contributed by atoms with E-state index in [1.807, 2.05) is 0 Å². The van der Waals surface area contributed by atoms with E-state index in [0.717, 1.165) is 4.47 Å². The summed E-state index contributed by atoms with van der Waals surface area (Å²) < 4.78 is 1.15. The van der Waals surface area contributed by atoms with E-state index >= 15 is 0 Å². The van der Waals surface area contributed by atoms with Gasteiger partial charge in [0.25, 0.3) is 0 Å². The number of rotatable bonds is 1. The van der Waals surface area contributed by atoms with Crippen molar-refractivity contribution >= 4 is 15.9 Å². The zero-order valence-corrected chi connectivity index (χ0v) is 18.9. The van der Waals surface area contributed by atoms with Crippen LogP contribution in [0.4, 0.5) is 0 Å². The van der Waals surface area contributed by atoms with Gasteiger partial charge in [0.15, 0.2) is 0 Å². The van der Waals surface area contributed by atoms with Gasteiger partial charge < -0.3 is 0 Å². The number of fused-ring (bicyclic) bond motifs is 10. The predicted molar refractivity (Wildman–Crippen MR) is 136 cm³/mol. The summed E-state index contributed by atoms with van der Waals surface area (Å²) in [6.07, 6.45) is 0. The molecule has 0 unspecified atom stereocenters. The molecule has 0 nitrogen and oxygen atoms in total. The normalized spacial score (nSPS) is 14.0. The van der Waals surface area contributed by atoms with E-state index in [-0.39, 0.29) is 5.41 Å². The predicted octanol–water partition coefficient (Wildman–Crippen LogP) is 8.46. The molecule has 0 amide bonds. The fourth-order valence-electron chi connectivity index (χ4n) is 5.96. The topological polar surface area (TPSA) is 0 Å². The van der Waals surface area contributed by atoms with Crippen molar-refractivity contribution in [1.29, 1.82) is 0 Å². The van der Waals surface area contributed by atoms with E-state index in [1.165, 1.54) is 55.6 Å². The maximum atomic E-state index is 3.98. The summed E-state index contributed by atoms with van der Waals surface area (Å²) in [7, 11) is 0. The molecule has 150 valence electrons. The number of benzene rings is 5. The molecule has 0 N–H and O–H groups in total. The lowest BCUT2D eigenvalue weighted by Crippen LogP contribution is -2.25. The van der Waals surface area contributed by atoms with E-state index in [2.05, 4.69) is 131 Å². The first kappa shape index (κ1) is 18.2. The molecule has 0 atom stereocenters. The van der Waals surface area contributed by atoms with Crippen molar-refractivity contribution in [2.45, 2.75) is 5.41 Å². The Balaban J connectivity index is 1.67. The molecule has 0 fully saturated rings. The van der Waals surface area contributed by atoms with Gasteiger partial charge in [-0.05, 0) is 62.2 Å². The smallest absolute Gasteiger partial charge is 0.0622 e. The third-order valence-corrected chi connectivity index (χ3v) is 7.78. The molecule has 32 heavy (non-hydrogen) atoms. The van der Waals surface area contributed by atoms with Gasteiger partial charge in [0.1, 0.15) is 0 Å². The highest BCUT2D eigenvalue weighted by Gasteiger charge is 2.52. The molecule has 7 rings (SSSR count). The fourth-order valence-corrected chi connectivity index (χ4v) is 6.64. The molecule has 2 aliphatic carbocycles. The van der Waals surface area contributed by atoms with Gasteiger partial charge in [0.05, 0.1) is 5.41 Å². The Morgan fingerprint density at radius 1 is 0.438 bits per heavy atom. The fraction of sp³-hybridized carbons (Fsp3) is 0.0323. The Morgan fingerprint density at radius 2 is 0.938 bits per heavy atom. The molecule has 0 radical (unpaired) electrons. The summed E-state index contributed by atoms with van der Waals surface area (Å²) in [5.41, 5.74) is 13.0. The van der Waals surface area contributed by atoms with Crippen molar-refractivity contribution in [1.82, 2.24) is 0 Å². The monoisotopic (exact) mass is 470 g/mol. The van der Waals surface area contributed by atoms with Crippen LogP contribution in [0.3, 0.4) is 0 Å². The van der Waals surface area contributed by atoms with Crippen molar-refractivity contribution in [3.05, 3.63) is 142 Å². The van der Waals surface area contributed by atoms with E-state index < -0.39 is 0 Å². The number of hydrogen-bond donors (Lipinski definition) is 0. The molecule has 0 aromatic heterocycles. The Bertz CT molecular complexity index is 1480. The summed E-state index contributed by atoms with van der Waals surface area (Å²) in [4.78, 5) is 0. The minimum Gasteiger partial charge on any atom is -0.0622 e. The average molecular weight is 471 g/mol. The molecule has 0 heterocycles. The first-order chi connectivity index (χ1) is 15.8. The van der Waals surface area contributed by atoms with Gasteiger partial charge in [-0.2, -0.15) is 0 Å². The minimum absolute atomic E-state index is 0.299. The zero-order valence-electron chi connectivity index (χ0n) is 17.3. The third-order valence-electron chi connectivity index (χ3n) is 7.15. The molecule has 5 aromatic carbocycles. The van der Waals surface area contributed by atoms with Gasteiger partial charge in [-0.1, -0.05) is 119 Å². The Kier molecular flexibility index (Phi) is 3.72. The van der Waals surface area contributed by atoms with Crippen LogP contribution in [-0.2, 0) is 5.41 Å². The maximum absolute atomic E-state index is 3.98. The van der Waals surface area contributed by atoms with Crippen LogP contribution in [0.1, 0.15) is 22.3 Å². The minimum atomic E-state index is -0.299. The standard InChI is InChI=1S/C31H19Br/c32-29-19-21(20-10-2-1-3-11-20)18-28-30(29)24-14-6-9-17-27(24)31(28)25-15-7-4-12-22(25)23-13-5-8-16-26(23)31/h1-19H. The second-order valence-electron chi connectivity index (χ2n) is 8.63. The number of halogens is 1. The molecule has 0 aliphatic heterocycles. The van der Waals surface area contributed by atoms with Crippen LogP contribution >= 0.6 is 15.9 Å². The van der Waals surface area contributed by atoms with Crippen molar-refractivity contribution < 1.29 is 0 Å². The molecule has 0 saturated carbocycles. The van der Waals surface area contributed by atoms with Crippen molar-refractivity contribution in [2.75, 3.05) is 0 Å². The summed E-state index contributed by atoms with van der Waals surface area (Å²) >= 11 is 3.98. The third kappa shape index (κ3) is 2.17. The molecular formula is C31H19Br. The van der Waals surface area contributed by atoms with Crippen LogP contribution < -0.4 is 0 Å². The summed E-state index contributed by atoms with van der Waals surface area (Å²) in [5.74, 6) is 0. The zero-order chi connectivity index (χ0) is 21.3. The van der Waals surface area contributed by atoms with Gasteiger partial charge in [-0.3, -0.25) is 0 Å². The van der Waals surface area contributed by atoms with E-state index in [9.17, 15) is 0 Å². The maximum Gasteiger partial charge on any atom is 0.0726 e. The van der Waals surface area contributed by atoms with Crippen LogP contribution in [-0.4, -0.2) is 0 Å². The van der Waals surface area contributed by atoms with Crippen LogP contribution in [0.15, 0.2) is 120 Å². The van der Waals surface area contributed by atoms with E-state index in [0.29, 0.717) is 0 Å². The van der Waals surface area contributed by atoms with Crippen LogP contribution in [0, 0.1) is 0 Å². The lowest BCUT2D eigenvalue weighted by atomic mass is 9.70. The van der Waals surface area contributed by atoms with Crippen molar-refractivity contribution in [3.8, 4) is 33.4 Å². The lowest BCUT2D eigenvalue weighted by molar-refractivity contribution is 0.794. The highest BCUT2D eigenvalue weighted by molar-refractivity contribution is 9.10. The van der Waals surface area contributed by atoms with Gasteiger partial charge in [0.2, 0.25) is 0 Å². The average Bonchev–Trinajstić information content (AvgIpc) is 3.32. The molecular weight excluding hydrogens is 452 g/mol. The van der Waals surface area contributed by atoms with Crippen LogP contribution in [0.2, 0.25) is 0 Å². The van der Waals surface area contributed by atoms with Crippen molar-refractivity contribution in [3.63, 3.8) is 0 Å². The summed E-state index contributed by atoms with van der Waals surface area (Å²) in [6.45, 7) is 0. The van der Waals surface area contributed by atoms with Crippen molar-refractivity contribution in [2.24, 2.45) is 0 Å². The summed E-state index contributed by atoms with van der Waals surface area (Å²) in [5, 5.41) is 0. The largest absolute Gasteiger partial charge is 0.0726 e. The van der Waals surface area contributed by atoms with Gasteiger partial charge >= 0.3 is 0 Å². The quantitative estimate of drug-likeness (QED) is 0.225. The first-order valence-corrected chi connectivity index (χ1v) is 11.8. The second kappa shape index (κ2) is 6.54. The lowest BCUT2D eigenvalue weighted by Gasteiger charge is -2.30. The van der Waals surface area contributed by atoms with Gasteiger partial charge in [-0.15, -0.1) is 0 Å². The van der Waals surface area contributed by atoms with Gasteiger partial charge in [-0.25, -0.2) is 0 Å². The second-order valence-corrected chi connectivity index (χ2v) is 9.49. The van der Waals surface area contributed by atoms with Crippen LogP contribution in [0.5, 0.6) is 0 Å². The molecule has 2 aliphatic rings. The molecule has 0 bridgehead atoms. The molecule has 1 heteroatoms. The Morgan fingerprint density at radius 3 is 1.56 bits per heavy atom. The van der Waals surface area contributed by atoms with E-state index in [1.54, 1.807) is 0 Å². The van der Waals surface area contributed by atoms with Crippen LogP contribution in [0.25, 0.3) is 33.4 Å². The highest BCUT2D eigenvalue weighted by Crippen LogP contribution is 2.64. The SMILES string of the molecule is Brc1cc(-c2ccccc2)cc2c1-c1ccccc1C21c2ccccc2-c2ccccc21. The molecule has 1 spiro atoms.